The van der Waals surface area contributed by atoms with Gasteiger partial charge in [-0.2, -0.15) is 0 Å². The van der Waals surface area contributed by atoms with E-state index >= 15 is 0 Å². The molecule has 150 valence electrons. The maximum Gasteiger partial charge on any atom is 0.238 e. The molecule has 3 atom stereocenters. The van der Waals surface area contributed by atoms with Gasteiger partial charge in [-0.1, -0.05) is 0 Å². The Kier molecular flexibility index (Phi) is 4.75. The molecular weight excluding hydrogens is 364 g/mol. The monoisotopic (exact) mass is 390 g/mol. The van der Waals surface area contributed by atoms with Gasteiger partial charge in [0.2, 0.25) is 5.91 Å². The van der Waals surface area contributed by atoms with Crippen LogP contribution in [-0.2, 0) is 11.2 Å². The van der Waals surface area contributed by atoms with Crippen LogP contribution < -0.4 is 5.32 Å². The second-order valence-electron chi connectivity index (χ2n) is 8.46. The second-order valence-corrected chi connectivity index (χ2v) is 8.46. The number of aromatic amines is 1. The number of H-pyrrole nitrogens is 1. The van der Waals surface area contributed by atoms with Gasteiger partial charge in [-0.05, 0) is 62.1 Å². The number of amides is 1. The van der Waals surface area contributed by atoms with Crippen LogP contribution in [0.2, 0.25) is 0 Å². The highest BCUT2D eigenvalue weighted by Gasteiger charge is 2.42. The maximum absolute atomic E-state index is 12.6. The van der Waals surface area contributed by atoms with E-state index in [9.17, 15) is 4.79 Å². The molecule has 3 aromatic rings. The third-order valence-corrected chi connectivity index (χ3v) is 6.42. The van der Waals surface area contributed by atoms with E-state index in [-0.39, 0.29) is 5.91 Å². The molecule has 1 saturated heterocycles. The third-order valence-electron chi connectivity index (χ3n) is 6.42. The smallest absolute Gasteiger partial charge is 0.238 e. The molecule has 1 aromatic carbocycles. The van der Waals surface area contributed by atoms with E-state index in [2.05, 4.69) is 30.2 Å². The van der Waals surface area contributed by atoms with Crippen LogP contribution in [0.4, 0.5) is 5.69 Å². The molecule has 2 N–H and O–H groups in total. The number of nitrogens with zero attached hydrogens (tertiary/aromatic N) is 4. The first kappa shape index (κ1) is 18.2. The lowest BCUT2D eigenvalue weighted by Crippen LogP contribution is -2.32. The molecule has 2 aromatic heterocycles. The molecule has 2 aliphatic rings. The summed E-state index contributed by atoms with van der Waals surface area (Å²) in [4.78, 5) is 31.2. The van der Waals surface area contributed by atoms with Crippen molar-refractivity contribution in [2.45, 2.75) is 26.2 Å². The molecule has 0 bridgehead atoms. The van der Waals surface area contributed by atoms with Crippen molar-refractivity contribution in [1.29, 1.82) is 0 Å². The van der Waals surface area contributed by atoms with Gasteiger partial charge in [0.05, 0.1) is 23.3 Å². The number of fused-ring (bicyclic) bond motifs is 2. The van der Waals surface area contributed by atoms with Crippen molar-refractivity contribution >= 4 is 22.6 Å². The molecule has 5 rings (SSSR count). The Morgan fingerprint density at radius 3 is 3.07 bits per heavy atom. The van der Waals surface area contributed by atoms with Gasteiger partial charge in [0.1, 0.15) is 5.82 Å². The number of imidazole rings is 1. The molecular formula is C22H26N6O. The fourth-order valence-corrected chi connectivity index (χ4v) is 5.18. The van der Waals surface area contributed by atoms with Gasteiger partial charge in [0.25, 0.3) is 0 Å². The summed E-state index contributed by atoms with van der Waals surface area (Å²) < 4.78 is 0. The van der Waals surface area contributed by atoms with Crippen LogP contribution in [0.15, 0.2) is 36.8 Å². The Morgan fingerprint density at radius 2 is 2.21 bits per heavy atom. The first-order valence-corrected chi connectivity index (χ1v) is 10.4. The van der Waals surface area contributed by atoms with E-state index in [0.717, 1.165) is 47.7 Å². The second kappa shape index (κ2) is 7.55. The van der Waals surface area contributed by atoms with Gasteiger partial charge in [-0.3, -0.25) is 19.7 Å². The highest BCUT2D eigenvalue weighted by molar-refractivity contribution is 5.94. The number of anilines is 1. The average Bonchev–Trinajstić information content (AvgIpc) is 3.37. The van der Waals surface area contributed by atoms with E-state index < -0.39 is 0 Å². The lowest BCUT2D eigenvalue weighted by molar-refractivity contribution is -0.117. The van der Waals surface area contributed by atoms with Crippen LogP contribution in [0.1, 0.15) is 24.4 Å². The van der Waals surface area contributed by atoms with Crippen LogP contribution >= 0.6 is 0 Å². The molecule has 2 fully saturated rings. The fourth-order valence-electron chi connectivity index (χ4n) is 5.18. The minimum atomic E-state index is 0.0473. The van der Waals surface area contributed by atoms with Crippen molar-refractivity contribution in [3.05, 3.63) is 48.3 Å². The molecule has 1 saturated carbocycles. The topological polar surface area (TPSA) is 86.8 Å². The van der Waals surface area contributed by atoms with Crippen LogP contribution in [0, 0.1) is 24.7 Å². The molecule has 1 aliphatic heterocycles. The van der Waals surface area contributed by atoms with Gasteiger partial charge in [-0.25, -0.2) is 4.98 Å². The summed E-state index contributed by atoms with van der Waals surface area (Å²) in [7, 11) is 0. The molecule has 7 heteroatoms. The van der Waals surface area contributed by atoms with Gasteiger partial charge >= 0.3 is 0 Å². The zero-order valence-corrected chi connectivity index (χ0v) is 16.6. The largest absolute Gasteiger partial charge is 0.342 e. The predicted molar refractivity (Wildman–Crippen MR) is 111 cm³/mol. The summed E-state index contributed by atoms with van der Waals surface area (Å²) in [6.45, 7) is 4.40. The summed E-state index contributed by atoms with van der Waals surface area (Å²) in [6.07, 6.45) is 8.89. The minimum Gasteiger partial charge on any atom is -0.342 e. The van der Waals surface area contributed by atoms with Gasteiger partial charge < -0.3 is 10.3 Å². The molecule has 7 nitrogen and oxygen atoms in total. The summed E-state index contributed by atoms with van der Waals surface area (Å²) in [6, 6.07) is 5.80. The Morgan fingerprint density at radius 1 is 1.28 bits per heavy atom. The average molecular weight is 390 g/mol. The van der Waals surface area contributed by atoms with Gasteiger partial charge in [0, 0.05) is 37.4 Å². The van der Waals surface area contributed by atoms with E-state index in [0.29, 0.717) is 24.3 Å². The molecule has 1 aliphatic carbocycles. The van der Waals surface area contributed by atoms with Crippen molar-refractivity contribution in [2.75, 3.05) is 25.0 Å². The Balaban J connectivity index is 1.17. The van der Waals surface area contributed by atoms with Crippen LogP contribution in [-0.4, -0.2) is 50.4 Å². The maximum atomic E-state index is 12.6. The number of rotatable bonds is 5. The van der Waals surface area contributed by atoms with E-state index in [1.54, 1.807) is 12.4 Å². The van der Waals surface area contributed by atoms with Crippen molar-refractivity contribution in [3.8, 4) is 0 Å². The molecule has 29 heavy (non-hydrogen) atoms. The summed E-state index contributed by atoms with van der Waals surface area (Å²) in [5, 5.41) is 3.04. The number of nitrogens with one attached hydrogen (secondary N) is 2. The summed E-state index contributed by atoms with van der Waals surface area (Å²) in [5.74, 6) is 2.94. The normalized spacial score (nSPS) is 24.1. The standard InChI is InChI=1S/C22H26N6O/c1-14-25-20-5-4-17(9-21(20)26-14)27-22(29)13-28-11-16-3-2-15(19(16)12-28)8-18-10-23-6-7-24-18/h4-7,9-10,15-16,19H,2-3,8,11-13H2,1H3,(H,25,26)(H,27,29)/t15-,16-,19-/m1/s1. The van der Waals surface area contributed by atoms with Gasteiger partial charge in [0.15, 0.2) is 0 Å². The number of carbonyl (C=O) groups excluding carboxylic acids is 1. The molecule has 0 spiro atoms. The quantitative estimate of drug-likeness (QED) is 0.700. The SMILES string of the molecule is Cc1nc2ccc(NC(=O)CN3C[C@H]4CC[C@H](Cc5cnccn5)[C@H]4C3)cc2[nH]1. The molecule has 1 amide bonds. The lowest BCUT2D eigenvalue weighted by Gasteiger charge is -2.20. The van der Waals surface area contributed by atoms with Crippen LogP contribution in [0.25, 0.3) is 11.0 Å². The van der Waals surface area contributed by atoms with Crippen molar-refractivity contribution in [1.82, 2.24) is 24.8 Å². The number of benzene rings is 1. The highest BCUT2D eigenvalue weighted by Crippen LogP contribution is 2.43. The first-order chi connectivity index (χ1) is 14.1. The molecule has 0 radical (unpaired) electrons. The number of aryl methyl sites for hydroxylation is 1. The highest BCUT2D eigenvalue weighted by atomic mass is 16.2. The third kappa shape index (κ3) is 3.87. The predicted octanol–water partition coefficient (Wildman–Crippen LogP) is 2.80. The van der Waals surface area contributed by atoms with Crippen molar-refractivity contribution in [2.24, 2.45) is 17.8 Å². The van der Waals surface area contributed by atoms with Crippen LogP contribution in [0.5, 0.6) is 0 Å². The van der Waals surface area contributed by atoms with Crippen LogP contribution in [0.3, 0.4) is 0 Å². The molecule has 3 heterocycles. The van der Waals surface area contributed by atoms with Crippen molar-refractivity contribution in [3.63, 3.8) is 0 Å². The minimum absolute atomic E-state index is 0.0473. The van der Waals surface area contributed by atoms with E-state index in [4.69, 9.17) is 0 Å². The van der Waals surface area contributed by atoms with Crippen molar-refractivity contribution < 1.29 is 4.79 Å². The van der Waals surface area contributed by atoms with Gasteiger partial charge in [-0.15, -0.1) is 0 Å². The van der Waals surface area contributed by atoms with E-state index in [1.807, 2.05) is 31.3 Å². The number of likely N-dealkylation sites (tertiary alicyclic amines) is 1. The van der Waals surface area contributed by atoms with E-state index in [1.165, 1.54) is 12.8 Å². The fraction of sp³-hybridized carbons (Fsp3) is 0.455. The lowest BCUT2D eigenvalue weighted by atomic mass is 9.89. The summed E-state index contributed by atoms with van der Waals surface area (Å²) in [5.41, 5.74) is 3.76. The number of aromatic nitrogens is 4. The zero-order chi connectivity index (χ0) is 19.8. The Bertz CT molecular complexity index is 1020. The number of carbonyl (C=O) groups is 1. The zero-order valence-electron chi connectivity index (χ0n) is 16.6. The Hall–Kier alpha value is -2.80. The Labute approximate surface area is 170 Å². The summed E-state index contributed by atoms with van der Waals surface area (Å²) >= 11 is 0. The number of hydrogen-bond donors (Lipinski definition) is 2. The number of hydrogen-bond acceptors (Lipinski definition) is 5. The first-order valence-electron chi connectivity index (χ1n) is 10.4. The molecule has 0 unspecified atom stereocenters.